The van der Waals surface area contributed by atoms with Crippen molar-refractivity contribution < 1.29 is 15.1 Å². The molecule has 20 heavy (non-hydrogen) atoms. The molecule has 112 valence electrons. The third-order valence-electron chi connectivity index (χ3n) is 2.87. The zero-order valence-corrected chi connectivity index (χ0v) is 11.4. The summed E-state index contributed by atoms with van der Waals surface area (Å²) in [6.07, 6.45) is 0.858. The Labute approximate surface area is 118 Å². The molecule has 0 aliphatic carbocycles. The summed E-state index contributed by atoms with van der Waals surface area (Å²) >= 11 is 0. The molecule has 0 spiro atoms. The van der Waals surface area contributed by atoms with Gasteiger partial charge in [-0.1, -0.05) is 0 Å². The van der Waals surface area contributed by atoms with E-state index in [0.717, 1.165) is 25.2 Å². The second kappa shape index (κ2) is 9.24. The van der Waals surface area contributed by atoms with Crippen molar-refractivity contribution in [3.63, 3.8) is 0 Å². The molecular weight excluding hydrogens is 262 g/mol. The van der Waals surface area contributed by atoms with Crippen molar-refractivity contribution in [1.82, 2.24) is 5.32 Å². The van der Waals surface area contributed by atoms with Crippen LogP contribution in [0.3, 0.4) is 0 Å². The molecule has 1 aromatic carbocycles. The number of aliphatic hydroxyl groups is 2. The number of rotatable bonds is 10. The standard InChI is InChI=1S/C13H21N3O4/c17-10-7-14-6-1-8-15(9-11-18)12-2-4-13(5-3-12)16(19)20/h2-5,14,17-18H,1,6-11H2. The van der Waals surface area contributed by atoms with Crippen LogP contribution >= 0.6 is 0 Å². The Bertz CT molecular complexity index is 397. The van der Waals surface area contributed by atoms with Crippen molar-refractivity contribution in [3.8, 4) is 0 Å². The van der Waals surface area contributed by atoms with E-state index in [-0.39, 0.29) is 18.9 Å². The van der Waals surface area contributed by atoms with Crippen LogP contribution in [0.25, 0.3) is 0 Å². The van der Waals surface area contributed by atoms with Crippen molar-refractivity contribution in [3.05, 3.63) is 34.4 Å². The molecule has 0 aliphatic heterocycles. The predicted octanol–water partition coefficient (Wildman–Crippen LogP) is 0.365. The Hall–Kier alpha value is -1.70. The summed E-state index contributed by atoms with van der Waals surface area (Å²) in [5, 5.41) is 31.4. The number of nitro benzene ring substituents is 1. The summed E-state index contributed by atoms with van der Waals surface area (Å²) in [5.41, 5.74) is 0.911. The van der Waals surface area contributed by atoms with Gasteiger partial charge in [0.15, 0.2) is 0 Å². The van der Waals surface area contributed by atoms with Gasteiger partial charge in [-0.05, 0) is 25.1 Å². The van der Waals surface area contributed by atoms with E-state index in [1.54, 1.807) is 12.1 Å². The first-order valence-corrected chi connectivity index (χ1v) is 6.61. The Morgan fingerprint density at radius 1 is 1.10 bits per heavy atom. The molecular formula is C13H21N3O4. The second-order valence-electron chi connectivity index (χ2n) is 4.31. The summed E-state index contributed by atoms with van der Waals surface area (Å²) in [7, 11) is 0. The smallest absolute Gasteiger partial charge is 0.269 e. The van der Waals surface area contributed by atoms with E-state index in [0.29, 0.717) is 13.1 Å². The van der Waals surface area contributed by atoms with Gasteiger partial charge in [0, 0.05) is 37.5 Å². The van der Waals surface area contributed by atoms with E-state index in [2.05, 4.69) is 5.32 Å². The van der Waals surface area contributed by atoms with Crippen molar-refractivity contribution in [2.24, 2.45) is 0 Å². The molecule has 3 N–H and O–H groups in total. The molecule has 0 aliphatic rings. The van der Waals surface area contributed by atoms with Gasteiger partial charge in [0.05, 0.1) is 18.1 Å². The van der Waals surface area contributed by atoms with E-state index >= 15 is 0 Å². The van der Waals surface area contributed by atoms with Gasteiger partial charge in [-0.15, -0.1) is 0 Å². The highest BCUT2D eigenvalue weighted by molar-refractivity contribution is 5.50. The third-order valence-corrected chi connectivity index (χ3v) is 2.87. The quantitative estimate of drug-likeness (QED) is 0.326. The SMILES string of the molecule is O=[N+]([O-])c1ccc(N(CCO)CCCNCCO)cc1. The summed E-state index contributed by atoms with van der Waals surface area (Å²) < 4.78 is 0. The first kappa shape index (κ1) is 16.4. The van der Waals surface area contributed by atoms with Gasteiger partial charge in [0.2, 0.25) is 0 Å². The van der Waals surface area contributed by atoms with Gasteiger partial charge < -0.3 is 20.4 Å². The lowest BCUT2D eigenvalue weighted by Crippen LogP contribution is -2.30. The number of benzene rings is 1. The maximum absolute atomic E-state index is 10.6. The molecule has 0 saturated heterocycles. The maximum atomic E-state index is 10.6. The Morgan fingerprint density at radius 2 is 1.80 bits per heavy atom. The zero-order chi connectivity index (χ0) is 14.8. The molecule has 0 fully saturated rings. The lowest BCUT2D eigenvalue weighted by Gasteiger charge is -2.23. The molecule has 1 aromatic rings. The fraction of sp³-hybridized carbons (Fsp3) is 0.538. The van der Waals surface area contributed by atoms with Crippen LogP contribution in [0.1, 0.15) is 6.42 Å². The van der Waals surface area contributed by atoms with E-state index in [1.165, 1.54) is 12.1 Å². The molecule has 1 rings (SSSR count). The number of nitrogens with zero attached hydrogens (tertiary/aromatic N) is 2. The monoisotopic (exact) mass is 283 g/mol. The largest absolute Gasteiger partial charge is 0.395 e. The first-order chi connectivity index (χ1) is 9.69. The van der Waals surface area contributed by atoms with E-state index in [9.17, 15) is 10.1 Å². The normalized spacial score (nSPS) is 10.5. The molecule has 0 saturated carbocycles. The molecule has 0 atom stereocenters. The van der Waals surface area contributed by atoms with Crippen molar-refractivity contribution in [2.75, 3.05) is 44.3 Å². The average molecular weight is 283 g/mol. The van der Waals surface area contributed by atoms with E-state index in [4.69, 9.17) is 10.2 Å². The Morgan fingerprint density at radius 3 is 2.35 bits per heavy atom. The number of hydrogen-bond acceptors (Lipinski definition) is 6. The number of hydrogen-bond donors (Lipinski definition) is 3. The number of anilines is 1. The van der Waals surface area contributed by atoms with Gasteiger partial charge in [-0.2, -0.15) is 0 Å². The highest BCUT2D eigenvalue weighted by Gasteiger charge is 2.09. The minimum Gasteiger partial charge on any atom is -0.395 e. The van der Waals surface area contributed by atoms with Gasteiger partial charge in [0.25, 0.3) is 5.69 Å². The number of nitro groups is 1. The highest BCUT2D eigenvalue weighted by atomic mass is 16.6. The molecule has 0 aromatic heterocycles. The zero-order valence-electron chi connectivity index (χ0n) is 11.4. The maximum Gasteiger partial charge on any atom is 0.269 e. The van der Waals surface area contributed by atoms with Gasteiger partial charge in [-0.3, -0.25) is 10.1 Å². The van der Waals surface area contributed by atoms with Crippen molar-refractivity contribution in [2.45, 2.75) is 6.42 Å². The van der Waals surface area contributed by atoms with Crippen LogP contribution in [0.4, 0.5) is 11.4 Å². The number of non-ortho nitro benzene ring substituents is 1. The van der Waals surface area contributed by atoms with E-state index < -0.39 is 4.92 Å². The topological polar surface area (TPSA) is 98.9 Å². The molecule has 0 heterocycles. The van der Waals surface area contributed by atoms with Crippen LogP contribution < -0.4 is 10.2 Å². The van der Waals surface area contributed by atoms with Gasteiger partial charge in [-0.25, -0.2) is 0 Å². The third kappa shape index (κ3) is 5.52. The fourth-order valence-corrected chi connectivity index (χ4v) is 1.87. The van der Waals surface area contributed by atoms with Gasteiger partial charge >= 0.3 is 0 Å². The molecule has 7 nitrogen and oxygen atoms in total. The van der Waals surface area contributed by atoms with Crippen LogP contribution in [0.5, 0.6) is 0 Å². The van der Waals surface area contributed by atoms with Crippen molar-refractivity contribution in [1.29, 1.82) is 0 Å². The number of nitrogens with one attached hydrogen (secondary N) is 1. The molecule has 0 radical (unpaired) electrons. The second-order valence-corrected chi connectivity index (χ2v) is 4.31. The lowest BCUT2D eigenvalue weighted by atomic mass is 10.2. The van der Waals surface area contributed by atoms with Crippen LogP contribution in [0.15, 0.2) is 24.3 Å². The Balaban J connectivity index is 2.53. The summed E-state index contributed by atoms with van der Waals surface area (Å²) in [6, 6.07) is 6.30. The average Bonchev–Trinajstić information content (AvgIpc) is 2.46. The first-order valence-electron chi connectivity index (χ1n) is 6.61. The molecule has 0 bridgehead atoms. The lowest BCUT2D eigenvalue weighted by molar-refractivity contribution is -0.384. The van der Waals surface area contributed by atoms with Crippen LogP contribution in [0, 0.1) is 10.1 Å². The van der Waals surface area contributed by atoms with Crippen molar-refractivity contribution >= 4 is 11.4 Å². The summed E-state index contributed by atoms with van der Waals surface area (Å²) in [6.45, 7) is 2.70. The van der Waals surface area contributed by atoms with Crippen LogP contribution in [-0.4, -0.2) is 54.5 Å². The molecule has 0 amide bonds. The predicted molar refractivity (Wildman–Crippen MR) is 77.0 cm³/mol. The summed E-state index contributed by atoms with van der Waals surface area (Å²) in [5.74, 6) is 0. The minimum atomic E-state index is -0.432. The molecule has 7 heteroatoms. The number of aliphatic hydroxyl groups excluding tert-OH is 2. The summed E-state index contributed by atoms with van der Waals surface area (Å²) in [4.78, 5) is 12.1. The fourth-order valence-electron chi connectivity index (χ4n) is 1.87. The minimum absolute atomic E-state index is 0.0288. The van der Waals surface area contributed by atoms with Crippen LogP contribution in [-0.2, 0) is 0 Å². The highest BCUT2D eigenvalue weighted by Crippen LogP contribution is 2.19. The van der Waals surface area contributed by atoms with Crippen LogP contribution in [0.2, 0.25) is 0 Å². The Kier molecular flexibility index (Phi) is 7.56. The van der Waals surface area contributed by atoms with Gasteiger partial charge in [0.1, 0.15) is 0 Å². The van der Waals surface area contributed by atoms with E-state index in [1.807, 2.05) is 4.90 Å². The molecule has 0 unspecified atom stereocenters.